The van der Waals surface area contributed by atoms with Crippen molar-refractivity contribution in [3.8, 4) is 0 Å². The molecule has 0 radical (unpaired) electrons. The van der Waals surface area contributed by atoms with Crippen molar-refractivity contribution in [3.63, 3.8) is 0 Å². The van der Waals surface area contributed by atoms with Crippen LogP contribution in [0.15, 0.2) is 0 Å². The van der Waals surface area contributed by atoms with Crippen LogP contribution in [0.5, 0.6) is 0 Å². The predicted octanol–water partition coefficient (Wildman–Crippen LogP) is 2.72. The zero-order chi connectivity index (χ0) is 12.2. The minimum Gasteiger partial charge on any atom is -0.390 e. The van der Waals surface area contributed by atoms with E-state index in [0.29, 0.717) is 5.92 Å². The summed E-state index contributed by atoms with van der Waals surface area (Å²) in [6.45, 7) is 8.71. The van der Waals surface area contributed by atoms with Crippen molar-refractivity contribution >= 4 is 0 Å². The Kier molecular flexibility index (Phi) is 5.22. The summed E-state index contributed by atoms with van der Waals surface area (Å²) >= 11 is 0. The smallest absolute Gasteiger partial charge is 0.158 e. The number of ether oxygens (including phenoxy) is 2. The van der Waals surface area contributed by atoms with Gasteiger partial charge < -0.3 is 14.6 Å². The Morgan fingerprint density at radius 2 is 2.12 bits per heavy atom. The van der Waals surface area contributed by atoms with Gasteiger partial charge in [-0.25, -0.2) is 0 Å². The summed E-state index contributed by atoms with van der Waals surface area (Å²) in [4.78, 5) is 0. The normalized spacial score (nSPS) is 28.3. The van der Waals surface area contributed by atoms with Gasteiger partial charge in [0.2, 0.25) is 0 Å². The molecular weight excluding hydrogens is 204 g/mol. The van der Waals surface area contributed by atoms with E-state index in [1.54, 1.807) is 0 Å². The van der Waals surface area contributed by atoms with Gasteiger partial charge in [-0.15, -0.1) is 0 Å². The maximum Gasteiger partial charge on any atom is 0.158 e. The lowest BCUT2D eigenvalue weighted by Gasteiger charge is -2.19. The predicted molar refractivity (Wildman–Crippen MR) is 64.2 cm³/mol. The summed E-state index contributed by atoms with van der Waals surface area (Å²) < 4.78 is 11.1. The molecule has 0 aromatic heterocycles. The second-order valence-electron chi connectivity index (χ2n) is 5.76. The molecule has 3 atom stereocenters. The molecule has 0 aromatic rings. The van der Waals surface area contributed by atoms with E-state index in [2.05, 4.69) is 6.92 Å². The zero-order valence-electron chi connectivity index (χ0n) is 11.0. The fourth-order valence-electron chi connectivity index (χ4n) is 2.03. The molecule has 0 unspecified atom stereocenters. The highest BCUT2D eigenvalue weighted by molar-refractivity contribution is 4.68. The third-order valence-electron chi connectivity index (χ3n) is 2.98. The van der Waals surface area contributed by atoms with Crippen molar-refractivity contribution in [3.05, 3.63) is 0 Å². The molecule has 1 N–H and O–H groups in total. The van der Waals surface area contributed by atoms with Crippen LogP contribution in [0.4, 0.5) is 0 Å². The van der Waals surface area contributed by atoms with Crippen LogP contribution in [-0.2, 0) is 9.47 Å². The van der Waals surface area contributed by atoms with E-state index in [-0.39, 0.29) is 12.4 Å². The molecule has 1 aliphatic heterocycles. The summed E-state index contributed by atoms with van der Waals surface area (Å²) in [6.07, 6.45) is 4.26. The van der Waals surface area contributed by atoms with E-state index in [9.17, 15) is 5.11 Å². The van der Waals surface area contributed by atoms with E-state index < -0.39 is 5.60 Å². The summed E-state index contributed by atoms with van der Waals surface area (Å²) in [6, 6.07) is 0. The van der Waals surface area contributed by atoms with E-state index in [1.807, 2.05) is 20.8 Å². The molecule has 0 spiro atoms. The molecule has 3 heteroatoms. The van der Waals surface area contributed by atoms with Crippen LogP contribution in [0.2, 0.25) is 0 Å². The van der Waals surface area contributed by atoms with Gasteiger partial charge in [-0.1, -0.05) is 19.8 Å². The fourth-order valence-corrected chi connectivity index (χ4v) is 2.03. The average molecular weight is 230 g/mol. The lowest BCUT2D eigenvalue weighted by molar-refractivity contribution is -0.0683. The summed E-state index contributed by atoms with van der Waals surface area (Å²) in [5.41, 5.74) is -0.533. The van der Waals surface area contributed by atoms with Gasteiger partial charge in [-0.3, -0.25) is 0 Å². The van der Waals surface area contributed by atoms with Crippen LogP contribution in [0.1, 0.15) is 53.4 Å². The Morgan fingerprint density at radius 3 is 2.62 bits per heavy atom. The lowest BCUT2D eigenvalue weighted by Crippen LogP contribution is -2.19. The molecule has 1 rings (SSSR count). The minimum atomic E-state index is -0.533. The Morgan fingerprint density at radius 1 is 1.44 bits per heavy atom. The molecule has 0 bridgehead atoms. The van der Waals surface area contributed by atoms with E-state index in [4.69, 9.17) is 9.47 Å². The first kappa shape index (κ1) is 13.9. The molecular formula is C13H26O3. The van der Waals surface area contributed by atoms with Gasteiger partial charge in [0, 0.05) is 6.42 Å². The molecule has 0 aromatic carbocycles. The van der Waals surface area contributed by atoms with Crippen molar-refractivity contribution in [1.82, 2.24) is 0 Å². The number of hydrogen-bond donors (Lipinski definition) is 1. The molecule has 0 aliphatic carbocycles. The molecule has 1 aliphatic rings. The van der Waals surface area contributed by atoms with Crippen LogP contribution < -0.4 is 0 Å². The van der Waals surface area contributed by atoms with Crippen LogP contribution in [-0.4, -0.2) is 29.7 Å². The molecule has 96 valence electrons. The molecule has 3 nitrogen and oxygen atoms in total. The van der Waals surface area contributed by atoms with Crippen molar-refractivity contribution < 1.29 is 14.6 Å². The highest BCUT2D eigenvalue weighted by Crippen LogP contribution is 2.23. The molecule has 0 saturated carbocycles. The van der Waals surface area contributed by atoms with E-state index in [1.165, 1.54) is 0 Å². The molecule has 1 fully saturated rings. The van der Waals surface area contributed by atoms with Crippen LogP contribution in [0, 0.1) is 5.92 Å². The number of aliphatic hydroxyl groups is 1. The highest BCUT2D eigenvalue weighted by atomic mass is 16.7. The molecule has 0 amide bonds. The largest absolute Gasteiger partial charge is 0.390 e. The van der Waals surface area contributed by atoms with Crippen molar-refractivity contribution in [1.29, 1.82) is 0 Å². The van der Waals surface area contributed by atoms with Gasteiger partial charge >= 0.3 is 0 Å². The van der Waals surface area contributed by atoms with Gasteiger partial charge in [0.25, 0.3) is 0 Å². The second kappa shape index (κ2) is 5.99. The minimum absolute atomic E-state index is 0.00728. The summed E-state index contributed by atoms with van der Waals surface area (Å²) in [5, 5.41) is 9.60. The van der Waals surface area contributed by atoms with E-state index >= 15 is 0 Å². The second-order valence-corrected chi connectivity index (χ2v) is 5.76. The van der Waals surface area contributed by atoms with Crippen molar-refractivity contribution in [2.45, 2.75) is 71.4 Å². The lowest BCUT2D eigenvalue weighted by atomic mass is 9.95. The van der Waals surface area contributed by atoms with Gasteiger partial charge in [-0.05, 0) is 33.1 Å². The standard InChI is InChI=1S/C13H26O3/c1-10(6-5-7-13(3,4)14)8-12-15-9-11(2)16-12/h10-12,14H,5-9H2,1-4H3/t10-,11+,12+/m0/s1. The van der Waals surface area contributed by atoms with Gasteiger partial charge in [0.05, 0.1) is 18.3 Å². The highest BCUT2D eigenvalue weighted by Gasteiger charge is 2.24. The number of hydrogen-bond acceptors (Lipinski definition) is 3. The average Bonchev–Trinajstić information content (AvgIpc) is 2.48. The quantitative estimate of drug-likeness (QED) is 0.762. The van der Waals surface area contributed by atoms with Crippen LogP contribution in [0.25, 0.3) is 0 Å². The third-order valence-corrected chi connectivity index (χ3v) is 2.98. The number of rotatable bonds is 6. The Balaban J connectivity index is 2.09. The van der Waals surface area contributed by atoms with Crippen LogP contribution in [0.3, 0.4) is 0 Å². The van der Waals surface area contributed by atoms with Gasteiger partial charge in [0.15, 0.2) is 6.29 Å². The summed E-state index contributed by atoms with van der Waals surface area (Å²) in [7, 11) is 0. The fraction of sp³-hybridized carbons (Fsp3) is 1.00. The maximum absolute atomic E-state index is 9.60. The first-order chi connectivity index (χ1) is 7.37. The Hall–Kier alpha value is -0.120. The zero-order valence-corrected chi connectivity index (χ0v) is 11.0. The monoisotopic (exact) mass is 230 g/mol. The SMILES string of the molecule is C[C@@H](CCCC(C)(C)O)C[C@@H]1OC[C@@H](C)O1. The molecule has 16 heavy (non-hydrogen) atoms. The van der Waals surface area contributed by atoms with Crippen molar-refractivity contribution in [2.24, 2.45) is 5.92 Å². The van der Waals surface area contributed by atoms with Gasteiger partial charge in [-0.2, -0.15) is 0 Å². The van der Waals surface area contributed by atoms with E-state index in [0.717, 1.165) is 32.3 Å². The molecule has 1 heterocycles. The summed E-state index contributed by atoms with van der Waals surface area (Å²) in [5.74, 6) is 0.595. The third kappa shape index (κ3) is 5.83. The molecule has 1 saturated heterocycles. The topological polar surface area (TPSA) is 38.7 Å². The first-order valence-electron chi connectivity index (χ1n) is 6.36. The Bertz CT molecular complexity index is 198. The van der Waals surface area contributed by atoms with Crippen LogP contribution >= 0.6 is 0 Å². The first-order valence-corrected chi connectivity index (χ1v) is 6.36. The maximum atomic E-state index is 9.60. The van der Waals surface area contributed by atoms with Gasteiger partial charge in [0.1, 0.15) is 0 Å². The van der Waals surface area contributed by atoms with Crippen molar-refractivity contribution in [2.75, 3.05) is 6.61 Å². The Labute approximate surface area is 99.1 Å².